The Labute approximate surface area is 99.1 Å². The SMILES string of the molecule is CCC(=O)c1ccc(-c2ccc(F)c(C)c2)o1. The Balaban J connectivity index is 2.37. The maximum Gasteiger partial charge on any atom is 0.197 e. The maximum atomic E-state index is 13.1. The van der Waals surface area contributed by atoms with Crippen LogP contribution in [0.3, 0.4) is 0 Å². The van der Waals surface area contributed by atoms with Crippen LogP contribution < -0.4 is 0 Å². The number of benzene rings is 1. The van der Waals surface area contributed by atoms with Crippen molar-refractivity contribution in [2.75, 3.05) is 0 Å². The average molecular weight is 232 g/mol. The predicted octanol–water partition coefficient (Wildman–Crippen LogP) is 3.99. The van der Waals surface area contributed by atoms with E-state index in [0.29, 0.717) is 23.5 Å². The fraction of sp³-hybridized carbons (Fsp3) is 0.214. The third-order valence-corrected chi connectivity index (χ3v) is 2.64. The first-order valence-corrected chi connectivity index (χ1v) is 5.51. The van der Waals surface area contributed by atoms with E-state index in [1.165, 1.54) is 6.07 Å². The smallest absolute Gasteiger partial charge is 0.197 e. The van der Waals surface area contributed by atoms with Crippen molar-refractivity contribution in [3.8, 4) is 11.3 Å². The van der Waals surface area contributed by atoms with Crippen LogP contribution >= 0.6 is 0 Å². The van der Waals surface area contributed by atoms with Crippen molar-refractivity contribution in [2.24, 2.45) is 0 Å². The molecule has 2 aromatic rings. The minimum atomic E-state index is -0.245. The first kappa shape index (κ1) is 11.6. The van der Waals surface area contributed by atoms with Gasteiger partial charge in [-0.2, -0.15) is 0 Å². The van der Waals surface area contributed by atoms with Gasteiger partial charge in [-0.1, -0.05) is 6.92 Å². The summed E-state index contributed by atoms with van der Waals surface area (Å²) in [4.78, 5) is 11.4. The first-order valence-electron chi connectivity index (χ1n) is 5.51. The van der Waals surface area contributed by atoms with Crippen LogP contribution in [0.4, 0.5) is 4.39 Å². The number of carbonyl (C=O) groups is 1. The Morgan fingerprint density at radius 1 is 1.29 bits per heavy atom. The second-order valence-electron chi connectivity index (χ2n) is 3.90. The van der Waals surface area contributed by atoms with Crippen molar-refractivity contribution in [2.45, 2.75) is 20.3 Å². The fourth-order valence-corrected chi connectivity index (χ4v) is 1.62. The van der Waals surface area contributed by atoms with Gasteiger partial charge in [0.15, 0.2) is 11.5 Å². The molecule has 0 unspecified atom stereocenters. The monoisotopic (exact) mass is 232 g/mol. The summed E-state index contributed by atoms with van der Waals surface area (Å²) in [5.41, 5.74) is 1.33. The molecule has 0 N–H and O–H groups in total. The lowest BCUT2D eigenvalue weighted by Gasteiger charge is -2.00. The molecule has 0 saturated heterocycles. The molecule has 0 atom stereocenters. The van der Waals surface area contributed by atoms with Gasteiger partial charge in [-0.25, -0.2) is 4.39 Å². The van der Waals surface area contributed by atoms with Gasteiger partial charge in [-0.05, 0) is 42.8 Å². The largest absolute Gasteiger partial charge is 0.453 e. The van der Waals surface area contributed by atoms with Gasteiger partial charge < -0.3 is 4.42 Å². The molecule has 3 heteroatoms. The van der Waals surface area contributed by atoms with E-state index in [1.54, 1.807) is 38.1 Å². The van der Waals surface area contributed by atoms with Gasteiger partial charge in [0.25, 0.3) is 0 Å². The summed E-state index contributed by atoms with van der Waals surface area (Å²) >= 11 is 0. The first-order chi connectivity index (χ1) is 8.11. The van der Waals surface area contributed by atoms with E-state index in [1.807, 2.05) is 0 Å². The van der Waals surface area contributed by atoms with Crippen LogP contribution in [-0.2, 0) is 0 Å². The molecule has 0 spiro atoms. The molecule has 0 aliphatic heterocycles. The van der Waals surface area contributed by atoms with Gasteiger partial charge in [0.05, 0.1) is 0 Å². The summed E-state index contributed by atoms with van der Waals surface area (Å²) in [6.07, 6.45) is 0.412. The summed E-state index contributed by atoms with van der Waals surface area (Å²) in [5.74, 6) is 0.662. The zero-order chi connectivity index (χ0) is 12.4. The van der Waals surface area contributed by atoms with Crippen LogP contribution in [0.2, 0.25) is 0 Å². The topological polar surface area (TPSA) is 30.2 Å². The van der Waals surface area contributed by atoms with E-state index in [4.69, 9.17) is 4.42 Å². The standard InChI is InChI=1S/C14H13FO2/c1-3-12(16)14-7-6-13(17-14)10-4-5-11(15)9(2)8-10/h4-8H,3H2,1-2H3. The van der Waals surface area contributed by atoms with Crippen LogP contribution in [0.1, 0.15) is 29.5 Å². The Morgan fingerprint density at radius 3 is 2.71 bits per heavy atom. The van der Waals surface area contributed by atoms with Gasteiger partial charge in [0, 0.05) is 12.0 Å². The lowest BCUT2D eigenvalue weighted by molar-refractivity contribution is 0.0962. The molecule has 0 saturated carbocycles. The second-order valence-corrected chi connectivity index (χ2v) is 3.90. The molecule has 0 fully saturated rings. The highest BCUT2D eigenvalue weighted by Gasteiger charge is 2.10. The lowest BCUT2D eigenvalue weighted by atomic mass is 10.1. The molecule has 2 nitrogen and oxygen atoms in total. The molecule has 1 heterocycles. The average Bonchev–Trinajstić information content (AvgIpc) is 2.81. The van der Waals surface area contributed by atoms with Crippen molar-refractivity contribution >= 4 is 5.78 Å². The molecule has 88 valence electrons. The quantitative estimate of drug-likeness (QED) is 0.749. The number of hydrogen-bond acceptors (Lipinski definition) is 2. The zero-order valence-corrected chi connectivity index (χ0v) is 9.79. The fourth-order valence-electron chi connectivity index (χ4n) is 1.62. The van der Waals surface area contributed by atoms with E-state index in [-0.39, 0.29) is 11.6 Å². The highest BCUT2D eigenvalue weighted by Crippen LogP contribution is 2.24. The van der Waals surface area contributed by atoms with Crippen molar-refractivity contribution in [1.82, 2.24) is 0 Å². The molecule has 1 aromatic carbocycles. The van der Waals surface area contributed by atoms with Gasteiger partial charge in [0.2, 0.25) is 0 Å². The summed E-state index contributed by atoms with van der Waals surface area (Å²) in [6.45, 7) is 3.48. The predicted molar refractivity (Wildman–Crippen MR) is 63.5 cm³/mol. The number of hydrogen-bond donors (Lipinski definition) is 0. The van der Waals surface area contributed by atoms with Crippen molar-refractivity contribution in [3.05, 3.63) is 47.5 Å². The van der Waals surface area contributed by atoms with E-state index < -0.39 is 0 Å². The Kier molecular flexibility index (Phi) is 3.09. The van der Waals surface area contributed by atoms with Gasteiger partial charge >= 0.3 is 0 Å². The van der Waals surface area contributed by atoms with Crippen LogP contribution in [0.15, 0.2) is 34.7 Å². The third kappa shape index (κ3) is 2.28. The van der Waals surface area contributed by atoms with Gasteiger partial charge in [-0.3, -0.25) is 4.79 Å². The van der Waals surface area contributed by atoms with Crippen molar-refractivity contribution in [1.29, 1.82) is 0 Å². The molecule has 0 radical (unpaired) electrons. The molecule has 0 aliphatic carbocycles. The van der Waals surface area contributed by atoms with E-state index >= 15 is 0 Å². The summed E-state index contributed by atoms with van der Waals surface area (Å²) < 4.78 is 18.6. The molecular formula is C14H13FO2. The van der Waals surface area contributed by atoms with Crippen LogP contribution in [0.5, 0.6) is 0 Å². The lowest BCUT2D eigenvalue weighted by Crippen LogP contribution is -1.92. The van der Waals surface area contributed by atoms with Crippen molar-refractivity contribution < 1.29 is 13.6 Å². The number of ketones is 1. The number of rotatable bonds is 3. The highest BCUT2D eigenvalue weighted by molar-refractivity contribution is 5.93. The Bertz CT molecular complexity index is 555. The second kappa shape index (κ2) is 4.53. The van der Waals surface area contributed by atoms with Crippen LogP contribution in [-0.4, -0.2) is 5.78 Å². The van der Waals surface area contributed by atoms with E-state index in [2.05, 4.69) is 0 Å². The summed E-state index contributed by atoms with van der Waals surface area (Å²) in [6, 6.07) is 8.12. The maximum absolute atomic E-state index is 13.1. The number of halogens is 1. The minimum Gasteiger partial charge on any atom is -0.453 e. The molecule has 0 aliphatic rings. The third-order valence-electron chi connectivity index (χ3n) is 2.64. The Morgan fingerprint density at radius 2 is 2.06 bits per heavy atom. The number of aryl methyl sites for hydroxylation is 1. The van der Waals surface area contributed by atoms with Gasteiger partial charge in [0.1, 0.15) is 11.6 Å². The zero-order valence-electron chi connectivity index (χ0n) is 9.79. The molecule has 2 rings (SSSR count). The van der Waals surface area contributed by atoms with Gasteiger partial charge in [-0.15, -0.1) is 0 Å². The molecular weight excluding hydrogens is 219 g/mol. The molecule has 17 heavy (non-hydrogen) atoms. The minimum absolute atomic E-state index is 0.0323. The normalized spacial score (nSPS) is 10.5. The van der Waals surface area contributed by atoms with Crippen LogP contribution in [0.25, 0.3) is 11.3 Å². The summed E-state index contributed by atoms with van der Waals surface area (Å²) in [7, 11) is 0. The van der Waals surface area contributed by atoms with E-state index in [9.17, 15) is 9.18 Å². The summed E-state index contributed by atoms with van der Waals surface area (Å²) in [5, 5.41) is 0. The molecule has 0 bridgehead atoms. The van der Waals surface area contributed by atoms with E-state index in [0.717, 1.165) is 5.56 Å². The number of Topliss-reactive ketones (excluding diaryl/α,β-unsaturated/α-hetero) is 1. The number of furan rings is 1. The molecule has 0 amide bonds. The molecule has 1 aromatic heterocycles. The highest BCUT2D eigenvalue weighted by atomic mass is 19.1. The van der Waals surface area contributed by atoms with Crippen LogP contribution in [0, 0.1) is 12.7 Å². The number of carbonyl (C=O) groups excluding carboxylic acids is 1. The Hall–Kier alpha value is -1.90. The van der Waals surface area contributed by atoms with Crippen molar-refractivity contribution in [3.63, 3.8) is 0 Å².